The number of nitrogens with one attached hydrogen (secondary N) is 1. The van der Waals surface area contributed by atoms with E-state index in [1.165, 1.54) is 11.1 Å². The molecule has 0 saturated carbocycles. The Bertz CT molecular complexity index is 542. The van der Waals surface area contributed by atoms with Crippen molar-refractivity contribution < 1.29 is 4.74 Å². The summed E-state index contributed by atoms with van der Waals surface area (Å²) in [6, 6.07) is 14.3. The van der Waals surface area contributed by atoms with Crippen LogP contribution in [0.5, 0.6) is 0 Å². The van der Waals surface area contributed by atoms with E-state index in [0.29, 0.717) is 6.61 Å². The SMILES string of the molecule is COCc1ccc(CNc2ccc(Cl)cc2I)cc1. The zero-order valence-corrected chi connectivity index (χ0v) is 13.5. The van der Waals surface area contributed by atoms with Crippen molar-refractivity contribution in [2.24, 2.45) is 0 Å². The summed E-state index contributed by atoms with van der Waals surface area (Å²) in [4.78, 5) is 0. The first-order valence-electron chi connectivity index (χ1n) is 5.94. The van der Waals surface area contributed by atoms with Gasteiger partial charge in [0.25, 0.3) is 0 Å². The molecule has 0 radical (unpaired) electrons. The highest BCUT2D eigenvalue weighted by molar-refractivity contribution is 14.1. The van der Waals surface area contributed by atoms with Crippen molar-refractivity contribution >= 4 is 39.9 Å². The smallest absolute Gasteiger partial charge is 0.0713 e. The third-order valence-electron chi connectivity index (χ3n) is 2.75. The highest BCUT2D eigenvalue weighted by Gasteiger charge is 2.00. The monoisotopic (exact) mass is 387 g/mol. The minimum absolute atomic E-state index is 0.656. The van der Waals surface area contributed by atoms with Crippen molar-refractivity contribution in [2.75, 3.05) is 12.4 Å². The lowest BCUT2D eigenvalue weighted by molar-refractivity contribution is 0.185. The molecule has 2 nitrogen and oxygen atoms in total. The van der Waals surface area contributed by atoms with E-state index < -0.39 is 0 Å². The van der Waals surface area contributed by atoms with Gasteiger partial charge >= 0.3 is 0 Å². The van der Waals surface area contributed by atoms with Crippen molar-refractivity contribution in [1.82, 2.24) is 0 Å². The van der Waals surface area contributed by atoms with Crippen LogP contribution in [0.1, 0.15) is 11.1 Å². The Kier molecular flexibility index (Phi) is 5.48. The van der Waals surface area contributed by atoms with Crippen LogP contribution in [-0.4, -0.2) is 7.11 Å². The molecule has 0 fully saturated rings. The molecule has 0 unspecified atom stereocenters. The molecule has 0 spiro atoms. The zero-order valence-electron chi connectivity index (χ0n) is 10.6. The molecule has 0 saturated heterocycles. The molecule has 0 aromatic heterocycles. The zero-order chi connectivity index (χ0) is 13.7. The van der Waals surface area contributed by atoms with Gasteiger partial charge in [-0.15, -0.1) is 0 Å². The quantitative estimate of drug-likeness (QED) is 0.751. The maximum Gasteiger partial charge on any atom is 0.0713 e. The number of ether oxygens (including phenoxy) is 1. The fraction of sp³-hybridized carbons (Fsp3) is 0.200. The van der Waals surface area contributed by atoms with E-state index in [2.05, 4.69) is 52.2 Å². The van der Waals surface area contributed by atoms with Gasteiger partial charge in [0.15, 0.2) is 0 Å². The Hall–Kier alpha value is -0.780. The van der Waals surface area contributed by atoms with Crippen LogP contribution >= 0.6 is 34.2 Å². The Morgan fingerprint density at radius 2 is 1.79 bits per heavy atom. The van der Waals surface area contributed by atoms with Crippen molar-refractivity contribution in [1.29, 1.82) is 0 Å². The van der Waals surface area contributed by atoms with Crippen molar-refractivity contribution in [3.8, 4) is 0 Å². The molecular formula is C15H15ClINO. The van der Waals surface area contributed by atoms with Gasteiger partial charge in [0, 0.05) is 27.9 Å². The number of benzene rings is 2. The number of rotatable bonds is 5. The van der Waals surface area contributed by atoms with Gasteiger partial charge in [0.05, 0.1) is 6.61 Å². The van der Waals surface area contributed by atoms with Crippen LogP contribution < -0.4 is 5.32 Å². The van der Waals surface area contributed by atoms with Crippen LogP contribution in [0.4, 0.5) is 5.69 Å². The Labute approximate surface area is 132 Å². The normalized spacial score (nSPS) is 10.5. The number of hydrogen-bond acceptors (Lipinski definition) is 2. The van der Waals surface area contributed by atoms with Gasteiger partial charge in [-0.1, -0.05) is 35.9 Å². The van der Waals surface area contributed by atoms with Crippen LogP contribution in [0.3, 0.4) is 0 Å². The van der Waals surface area contributed by atoms with Crippen molar-refractivity contribution in [2.45, 2.75) is 13.2 Å². The molecule has 0 bridgehead atoms. The summed E-state index contributed by atoms with van der Waals surface area (Å²) in [5.41, 5.74) is 3.53. The highest BCUT2D eigenvalue weighted by Crippen LogP contribution is 2.22. The Balaban J connectivity index is 1.98. The molecule has 0 amide bonds. The summed E-state index contributed by atoms with van der Waals surface area (Å²) < 4.78 is 6.22. The lowest BCUT2D eigenvalue weighted by Crippen LogP contribution is -2.01. The average Bonchev–Trinajstić information content (AvgIpc) is 2.40. The van der Waals surface area contributed by atoms with Crippen LogP contribution in [0.25, 0.3) is 0 Å². The molecule has 19 heavy (non-hydrogen) atoms. The summed E-state index contributed by atoms with van der Waals surface area (Å²) in [7, 11) is 1.71. The third kappa shape index (κ3) is 4.37. The second kappa shape index (κ2) is 7.12. The van der Waals surface area contributed by atoms with Gasteiger partial charge in [0.1, 0.15) is 0 Å². The molecule has 0 aliphatic carbocycles. The molecule has 0 heterocycles. The van der Waals surface area contributed by atoms with Gasteiger partial charge in [-0.3, -0.25) is 0 Å². The predicted octanol–water partition coefficient (Wildman–Crippen LogP) is 4.70. The number of methoxy groups -OCH3 is 1. The molecular weight excluding hydrogens is 373 g/mol. The van der Waals surface area contributed by atoms with Crippen molar-refractivity contribution in [3.05, 3.63) is 62.2 Å². The van der Waals surface area contributed by atoms with Gasteiger partial charge in [0.2, 0.25) is 0 Å². The minimum Gasteiger partial charge on any atom is -0.380 e. The first kappa shape index (κ1) is 14.6. The van der Waals surface area contributed by atoms with Crippen LogP contribution in [0, 0.1) is 3.57 Å². The van der Waals surface area contributed by atoms with E-state index in [9.17, 15) is 0 Å². The van der Waals surface area contributed by atoms with E-state index in [4.69, 9.17) is 16.3 Å². The molecule has 1 N–H and O–H groups in total. The van der Waals surface area contributed by atoms with E-state index >= 15 is 0 Å². The molecule has 0 aliphatic heterocycles. The molecule has 0 atom stereocenters. The predicted molar refractivity (Wildman–Crippen MR) is 88.7 cm³/mol. The molecule has 0 aliphatic rings. The lowest BCUT2D eigenvalue weighted by Gasteiger charge is -2.09. The minimum atomic E-state index is 0.656. The fourth-order valence-electron chi connectivity index (χ4n) is 1.75. The lowest BCUT2D eigenvalue weighted by atomic mass is 10.1. The second-order valence-electron chi connectivity index (χ2n) is 4.23. The number of anilines is 1. The number of halogens is 2. The highest BCUT2D eigenvalue weighted by atomic mass is 127. The molecule has 100 valence electrons. The van der Waals surface area contributed by atoms with Gasteiger partial charge in [-0.2, -0.15) is 0 Å². The van der Waals surface area contributed by atoms with E-state index in [-0.39, 0.29) is 0 Å². The standard InChI is InChI=1S/C15H15ClINO/c1-19-10-12-4-2-11(3-5-12)9-18-15-7-6-13(16)8-14(15)17/h2-8,18H,9-10H2,1H3. The first-order valence-corrected chi connectivity index (χ1v) is 7.40. The van der Waals surface area contributed by atoms with Gasteiger partial charge < -0.3 is 10.1 Å². The maximum atomic E-state index is 5.94. The van der Waals surface area contributed by atoms with Crippen LogP contribution in [0.2, 0.25) is 5.02 Å². The third-order valence-corrected chi connectivity index (χ3v) is 3.88. The topological polar surface area (TPSA) is 21.3 Å². The molecule has 2 aromatic rings. The average molecular weight is 388 g/mol. The number of hydrogen-bond donors (Lipinski definition) is 1. The summed E-state index contributed by atoms with van der Waals surface area (Å²) >= 11 is 8.22. The van der Waals surface area contributed by atoms with E-state index in [1.807, 2.05) is 18.2 Å². The maximum absolute atomic E-state index is 5.94. The summed E-state index contributed by atoms with van der Waals surface area (Å²) in [5.74, 6) is 0. The van der Waals surface area contributed by atoms with Crippen LogP contribution in [-0.2, 0) is 17.9 Å². The summed E-state index contributed by atoms with van der Waals surface area (Å²) in [5, 5.41) is 4.17. The molecule has 2 rings (SSSR count). The van der Waals surface area contributed by atoms with Crippen molar-refractivity contribution in [3.63, 3.8) is 0 Å². The largest absolute Gasteiger partial charge is 0.380 e. The Morgan fingerprint density at radius 1 is 1.11 bits per heavy atom. The van der Waals surface area contributed by atoms with E-state index in [0.717, 1.165) is 20.8 Å². The van der Waals surface area contributed by atoms with Crippen LogP contribution in [0.15, 0.2) is 42.5 Å². The van der Waals surface area contributed by atoms with Gasteiger partial charge in [-0.05, 0) is 51.9 Å². The van der Waals surface area contributed by atoms with Gasteiger partial charge in [-0.25, -0.2) is 0 Å². The molecule has 4 heteroatoms. The van der Waals surface area contributed by atoms with E-state index in [1.54, 1.807) is 7.11 Å². The first-order chi connectivity index (χ1) is 9.19. The fourth-order valence-corrected chi connectivity index (χ4v) is 2.81. The molecule has 2 aromatic carbocycles. The second-order valence-corrected chi connectivity index (χ2v) is 5.83. The summed E-state index contributed by atoms with van der Waals surface area (Å²) in [6.45, 7) is 1.45. The Morgan fingerprint density at radius 3 is 2.42 bits per heavy atom. The summed E-state index contributed by atoms with van der Waals surface area (Å²) in [6.07, 6.45) is 0.